The summed E-state index contributed by atoms with van der Waals surface area (Å²) in [5.74, 6) is 1.14. The van der Waals surface area contributed by atoms with Crippen molar-refractivity contribution < 1.29 is 9.53 Å². The van der Waals surface area contributed by atoms with Gasteiger partial charge < -0.3 is 9.64 Å². The van der Waals surface area contributed by atoms with E-state index in [1.165, 1.54) is 0 Å². The molecule has 130 valence electrons. The molecule has 1 aromatic carbocycles. The normalized spacial score (nSPS) is 10.9. The highest BCUT2D eigenvalue weighted by Gasteiger charge is 2.18. The Hall–Kier alpha value is -2.96. The number of aryl methyl sites for hydroxylation is 3. The number of carbonyl (C=O) groups is 1. The van der Waals surface area contributed by atoms with E-state index in [1.54, 1.807) is 16.5 Å². The van der Waals surface area contributed by atoms with Gasteiger partial charge in [0.05, 0.1) is 6.54 Å². The molecule has 0 aliphatic rings. The van der Waals surface area contributed by atoms with Crippen LogP contribution in [0.5, 0.6) is 5.75 Å². The second-order valence-corrected chi connectivity index (χ2v) is 6.03. The van der Waals surface area contributed by atoms with Crippen molar-refractivity contribution in [3.05, 3.63) is 53.1 Å². The van der Waals surface area contributed by atoms with Crippen LogP contribution in [0.4, 0.5) is 0 Å². The predicted octanol–water partition coefficient (Wildman–Crippen LogP) is 2.20. The molecule has 0 aliphatic heterocycles. The van der Waals surface area contributed by atoms with Gasteiger partial charge in [0.2, 0.25) is 5.82 Å². The summed E-state index contributed by atoms with van der Waals surface area (Å²) in [6.45, 7) is 6.62. The summed E-state index contributed by atoms with van der Waals surface area (Å²) in [5, 5.41) is 4.27. The topological polar surface area (TPSA) is 72.6 Å². The first-order chi connectivity index (χ1) is 12.0. The molecule has 3 rings (SSSR count). The monoisotopic (exact) mass is 339 g/mol. The minimum atomic E-state index is -0.254. The minimum absolute atomic E-state index is 0.139. The lowest BCUT2D eigenvalue weighted by Crippen LogP contribution is -2.31. The molecular weight excluding hydrogens is 318 g/mol. The van der Waals surface area contributed by atoms with Crippen LogP contribution in [0.15, 0.2) is 30.3 Å². The summed E-state index contributed by atoms with van der Waals surface area (Å²) >= 11 is 0. The number of nitrogens with zero attached hydrogens (tertiary/aromatic N) is 5. The molecule has 0 atom stereocenters. The van der Waals surface area contributed by atoms with Crippen LogP contribution in [0.3, 0.4) is 0 Å². The Balaban J connectivity index is 1.66. The molecule has 7 heteroatoms. The Morgan fingerprint density at radius 1 is 1.20 bits per heavy atom. The number of likely N-dealkylation sites (N-methyl/N-ethyl adjacent to an activating group) is 1. The van der Waals surface area contributed by atoms with Gasteiger partial charge in [0, 0.05) is 18.4 Å². The van der Waals surface area contributed by atoms with Gasteiger partial charge >= 0.3 is 0 Å². The van der Waals surface area contributed by atoms with Crippen LogP contribution in [-0.2, 0) is 0 Å². The smallest absolute Gasteiger partial charge is 0.293 e. The van der Waals surface area contributed by atoms with Crippen LogP contribution >= 0.6 is 0 Å². The first-order valence-corrected chi connectivity index (χ1v) is 8.10. The first-order valence-electron chi connectivity index (χ1n) is 8.10. The number of hydrogen-bond donors (Lipinski definition) is 0. The molecule has 7 nitrogen and oxygen atoms in total. The van der Waals surface area contributed by atoms with Crippen LogP contribution in [0.1, 0.15) is 27.6 Å². The van der Waals surface area contributed by atoms with Gasteiger partial charge in [-0.3, -0.25) is 4.79 Å². The molecule has 0 bridgehead atoms. The SMILES string of the molecule is Cc1cc(C)n2nc(C(=O)N(C)CCOc3ccccc3C)nc2n1. The number of benzene rings is 1. The summed E-state index contributed by atoms with van der Waals surface area (Å²) in [4.78, 5) is 22.6. The molecule has 0 saturated heterocycles. The van der Waals surface area contributed by atoms with Crippen molar-refractivity contribution >= 4 is 11.7 Å². The number of fused-ring (bicyclic) bond motifs is 1. The largest absolute Gasteiger partial charge is 0.491 e. The zero-order valence-electron chi connectivity index (χ0n) is 14.9. The average Bonchev–Trinajstić information content (AvgIpc) is 3.00. The fourth-order valence-corrected chi connectivity index (χ4v) is 2.54. The van der Waals surface area contributed by atoms with Crippen molar-refractivity contribution in [2.45, 2.75) is 20.8 Å². The van der Waals surface area contributed by atoms with Crippen LogP contribution in [0.25, 0.3) is 5.78 Å². The summed E-state index contributed by atoms with van der Waals surface area (Å²) in [5.41, 5.74) is 2.80. The third-order valence-electron chi connectivity index (χ3n) is 3.93. The van der Waals surface area contributed by atoms with E-state index < -0.39 is 0 Å². The van der Waals surface area contributed by atoms with Crippen LogP contribution < -0.4 is 4.74 Å². The third-order valence-corrected chi connectivity index (χ3v) is 3.93. The first kappa shape index (κ1) is 16.9. The molecular formula is C18H21N5O2. The van der Waals surface area contributed by atoms with Crippen molar-refractivity contribution in [3.63, 3.8) is 0 Å². The van der Waals surface area contributed by atoms with Crippen LogP contribution in [0.2, 0.25) is 0 Å². The fourth-order valence-electron chi connectivity index (χ4n) is 2.54. The van der Waals surface area contributed by atoms with Crippen molar-refractivity contribution in [2.75, 3.05) is 20.2 Å². The second-order valence-electron chi connectivity index (χ2n) is 6.03. The number of hydrogen-bond acceptors (Lipinski definition) is 5. The van der Waals surface area contributed by atoms with Gasteiger partial charge in [-0.25, -0.2) is 9.50 Å². The Bertz CT molecular complexity index is 919. The van der Waals surface area contributed by atoms with Gasteiger partial charge in [0.15, 0.2) is 0 Å². The summed E-state index contributed by atoms with van der Waals surface area (Å²) in [7, 11) is 1.71. The molecule has 0 spiro atoms. The van der Waals surface area contributed by atoms with E-state index in [0.29, 0.717) is 18.9 Å². The van der Waals surface area contributed by atoms with E-state index in [4.69, 9.17) is 4.74 Å². The minimum Gasteiger partial charge on any atom is -0.491 e. The molecule has 0 aliphatic carbocycles. The number of rotatable bonds is 5. The Morgan fingerprint density at radius 2 is 1.96 bits per heavy atom. The van der Waals surface area contributed by atoms with Crippen LogP contribution in [-0.4, -0.2) is 50.6 Å². The highest BCUT2D eigenvalue weighted by molar-refractivity contribution is 5.90. The lowest BCUT2D eigenvalue weighted by molar-refractivity contribution is 0.0762. The number of aromatic nitrogens is 4. The maximum atomic E-state index is 12.5. The number of carbonyl (C=O) groups excluding carboxylic acids is 1. The predicted molar refractivity (Wildman–Crippen MR) is 93.9 cm³/mol. The van der Waals surface area contributed by atoms with Crippen LogP contribution in [0, 0.1) is 20.8 Å². The van der Waals surface area contributed by atoms with Gasteiger partial charge in [-0.15, -0.1) is 5.10 Å². The molecule has 0 unspecified atom stereocenters. The Morgan fingerprint density at radius 3 is 2.72 bits per heavy atom. The standard InChI is InChI=1S/C18H21N5O2/c1-12-7-5-6-8-15(12)25-10-9-22(4)17(24)16-20-18-19-13(2)11-14(3)23(18)21-16/h5-8,11H,9-10H2,1-4H3. The highest BCUT2D eigenvalue weighted by Crippen LogP contribution is 2.16. The molecule has 0 fully saturated rings. The van der Waals surface area contributed by atoms with E-state index in [9.17, 15) is 4.79 Å². The molecule has 2 heterocycles. The highest BCUT2D eigenvalue weighted by atomic mass is 16.5. The molecule has 0 radical (unpaired) electrons. The zero-order chi connectivity index (χ0) is 18.0. The van der Waals surface area contributed by atoms with E-state index in [0.717, 1.165) is 22.7 Å². The van der Waals surface area contributed by atoms with Gasteiger partial charge in [0.25, 0.3) is 11.7 Å². The van der Waals surface area contributed by atoms with E-state index in [2.05, 4.69) is 15.1 Å². The van der Waals surface area contributed by atoms with Gasteiger partial charge in [0.1, 0.15) is 12.4 Å². The number of ether oxygens (including phenoxy) is 1. The molecule has 25 heavy (non-hydrogen) atoms. The summed E-state index contributed by atoms with van der Waals surface area (Å²) in [6.07, 6.45) is 0. The summed E-state index contributed by atoms with van der Waals surface area (Å²) in [6, 6.07) is 9.69. The van der Waals surface area contributed by atoms with Gasteiger partial charge in [-0.05, 0) is 38.5 Å². The molecule has 0 N–H and O–H groups in total. The quantitative estimate of drug-likeness (QED) is 0.712. The molecule has 1 amide bonds. The average molecular weight is 339 g/mol. The zero-order valence-corrected chi connectivity index (χ0v) is 14.9. The lowest BCUT2D eigenvalue weighted by atomic mass is 10.2. The third kappa shape index (κ3) is 3.60. The Labute approximate surface area is 146 Å². The van der Waals surface area contributed by atoms with Crippen molar-refractivity contribution in [2.24, 2.45) is 0 Å². The van der Waals surface area contributed by atoms with Gasteiger partial charge in [-0.1, -0.05) is 18.2 Å². The van der Waals surface area contributed by atoms with E-state index >= 15 is 0 Å². The lowest BCUT2D eigenvalue weighted by Gasteiger charge is -2.16. The maximum absolute atomic E-state index is 12.5. The van der Waals surface area contributed by atoms with Crippen molar-refractivity contribution in [3.8, 4) is 5.75 Å². The number of amides is 1. The molecule has 0 saturated carbocycles. The maximum Gasteiger partial charge on any atom is 0.293 e. The van der Waals surface area contributed by atoms with E-state index in [1.807, 2.05) is 51.1 Å². The molecule has 3 aromatic rings. The second kappa shape index (κ2) is 6.88. The van der Waals surface area contributed by atoms with Crippen molar-refractivity contribution in [1.29, 1.82) is 0 Å². The van der Waals surface area contributed by atoms with Crippen molar-refractivity contribution in [1.82, 2.24) is 24.5 Å². The fraction of sp³-hybridized carbons (Fsp3) is 0.333. The van der Waals surface area contributed by atoms with Gasteiger partial charge in [-0.2, -0.15) is 4.98 Å². The molecule has 2 aromatic heterocycles. The van der Waals surface area contributed by atoms with E-state index in [-0.39, 0.29) is 11.7 Å². The summed E-state index contributed by atoms with van der Waals surface area (Å²) < 4.78 is 7.32. The number of para-hydroxylation sites is 1. The Kier molecular flexibility index (Phi) is 4.65.